The predicted octanol–water partition coefficient (Wildman–Crippen LogP) is 1.89. The van der Waals surface area contributed by atoms with Crippen LogP contribution in [-0.4, -0.2) is 37.7 Å². The highest BCUT2D eigenvalue weighted by Crippen LogP contribution is 2.19. The molecule has 0 bridgehead atoms. The lowest BCUT2D eigenvalue weighted by molar-refractivity contribution is -0.0146. The molecular weight excluding hydrogens is 188 g/mol. The number of hydroxylamine groups is 1. The zero-order valence-electron chi connectivity index (χ0n) is 10.6. The van der Waals surface area contributed by atoms with Gasteiger partial charge in [-0.15, -0.1) is 0 Å². The molecule has 3 heteroatoms. The second-order valence-corrected chi connectivity index (χ2v) is 5.25. The van der Waals surface area contributed by atoms with Crippen LogP contribution in [0.15, 0.2) is 0 Å². The summed E-state index contributed by atoms with van der Waals surface area (Å²) in [5.74, 6) is 1.37. The van der Waals surface area contributed by atoms with Gasteiger partial charge in [-0.2, -0.15) is 5.48 Å². The van der Waals surface area contributed by atoms with Crippen LogP contribution in [0.2, 0.25) is 0 Å². The van der Waals surface area contributed by atoms with Crippen LogP contribution in [0.4, 0.5) is 0 Å². The molecule has 0 aromatic carbocycles. The molecule has 1 atom stereocenters. The monoisotopic (exact) mass is 214 g/mol. The second-order valence-electron chi connectivity index (χ2n) is 5.25. The molecule has 0 aromatic heterocycles. The zero-order valence-corrected chi connectivity index (χ0v) is 10.6. The number of nitrogens with zero attached hydrogens (tertiary/aromatic N) is 1. The van der Waals surface area contributed by atoms with Crippen molar-refractivity contribution in [2.75, 3.05) is 26.7 Å². The van der Waals surface area contributed by atoms with Gasteiger partial charge in [0.15, 0.2) is 0 Å². The van der Waals surface area contributed by atoms with Gasteiger partial charge in [-0.3, -0.25) is 0 Å². The van der Waals surface area contributed by atoms with Gasteiger partial charge >= 0.3 is 0 Å². The van der Waals surface area contributed by atoms with Crippen molar-refractivity contribution in [1.29, 1.82) is 0 Å². The van der Waals surface area contributed by atoms with E-state index in [0.29, 0.717) is 12.0 Å². The molecule has 1 heterocycles. The van der Waals surface area contributed by atoms with Crippen LogP contribution in [-0.2, 0) is 4.84 Å². The van der Waals surface area contributed by atoms with Gasteiger partial charge in [0.2, 0.25) is 0 Å². The van der Waals surface area contributed by atoms with Gasteiger partial charge in [0.05, 0.1) is 6.61 Å². The SMILES string of the molecule is CC(C)CONC(C)C1CCN(C)CC1. The van der Waals surface area contributed by atoms with Crippen LogP contribution < -0.4 is 5.48 Å². The molecule has 0 aliphatic carbocycles. The van der Waals surface area contributed by atoms with Crippen molar-refractivity contribution in [1.82, 2.24) is 10.4 Å². The van der Waals surface area contributed by atoms with Crippen molar-refractivity contribution < 1.29 is 4.84 Å². The summed E-state index contributed by atoms with van der Waals surface area (Å²) in [6.07, 6.45) is 2.57. The first kappa shape index (κ1) is 12.9. The molecule has 1 saturated heterocycles. The Bertz CT molecular complexity index is 165. The quantitative estimate of drug-likeness (QED) is 0.707. The molecule has 1 unspecified atom stereocenters. The number of piperidine rings is 1. The maximum Gasteiger partial charge on any atom is 0.0705 e. The lowest BCUT2D eigenvalue weighted by Gasteiger charge is -2.32. The number of nitrogens with one attached hydrogen (secondary N) is 1. The predicted molar refractivity (Wildman–Crippen MR) is 63.6 cm³/mol. The Morgan fingerprint density at radius 1 is 1.27 bits per heavy atom. The number of rotatable bonds is 5. The number of hydrogen-bond donors (Lipinski definition) is 1. The lowest BCUT2D eigenvalue weighted by atomic mass is 9.91. The van der Waals surface area contributed by atoms with Crippen LogP contribution in [0, 0.1) is 11.8 Å². The van der Waals surface area contributed by atoms with E-state index in [2.05, 4.69) is 38.2 Å². The summed E-state index contributed by atoms with van der Waals surface area (Å²) in [7, 11) is 2.20. The molecule has 0 amide bonds. The van der Waals surface area contributed by atoms with Crippen LogP contribution in [0.25, 0.3) is 0 Å². The Kier molecular flexibility index (Phi) is 5.58. The molecule has 1 fully saturated rings. The van der Waals surface area contributed by atoms with Gasteiger partial charge in [-0.25, -0.2) is 0 Å². The maximum absolute atomic E-state index is 5.47. The first-order valence-corrected chi connectivity index (χ1v) is 6.15. The molecule has 1 rings (SSSR count). The Labute approximate surface area is 94.1 Å². The average Bonchev–Trinajstić information content (AvgIpc) is 2.18. The molecule has 3 nitrogen and oxygen atoms in total. The molecule has 0 aromatic rings. The molecule has 1 aliphatic heterocycles. The van der Waals surface area contributed by atoms with E-state index >= 15 is 0 Å². The van der Waals surface area contributed by atoms with Crippen molar-refractivity contribution in [2.45, 2.75) is 39.7 Å². The average molecular weight is 214 g/mol. The molecule has 0 spiro atoms. The topological polar surface area (TPSA) is 24.5 Å². The van der Waals surface area contributed by atoms with Crippen LogP contribution >= 0.6 is 0 Å². The van der Waals surface area contributed by atoms with Crippen LogP contribution in [0.1, 0.15) is 33.6 Å². The summed E-state index contributed by atoms with van der Waals surface area (Å²) in [5, 5.41) is 0. The summed E-state index contributed by atoms with van der Waals surface area (Å²) in [4.78, 5) is 7.87. The Balaban J connectivity index is 2.13. The van der Waals surface area contributed by atoms with E-state index in [-0.39, 0.29) is 0 Å². The lowest BCUT2D eigenvalue weighted by Crippen LogP contribution is -2.41. The van der Waals surface area contributed by atoms with Crippen molar-refractivity contribution in [3.05, 3.63) is 0 Å². The smallest absolute Gasteiger partial charge is 0.0705 e. The van der Waals surface area contributed by atoms with Crippen molar-refractivity contribution in [2.24, 2.45) is 11.8 Å². The van der Waals surface area contributed by atoms with E-state index in [4.69, 9.17) is 4.84 Å². The van der Waals surface area contributed by atoms with E-state index < -0.39 is 0 Å². The first-order chi connectivity index (χ1) is 7.09. The second kappa shape index (κ2) is 6.46. The molecule has 90 valence electrons. The van der Waals surface area contributed by atoms with Gasteiger partial charge < -0.3 is 9.74 Å². The van der Waals surface area contributed by atoms with E-state index in [1.807, 2.05) is 0 Å². The highest BCUT2D eigenvalue weighted by Gasteiger charge is 2.22. The van der Waals surface area contributed by atoms with Gasteiger partial charge in [0.1, 0.15) is 0 Å². The largest absolute Gasteiger partial charge is 0.306 e. The Morgan fingerprint density at radius 2 is 1.87 bits per heavy atom. The maximum atomic E-state index is 5.47. The van der Waals surface area contributed by atoms with E-state index in [0.717, 1.165) is 12.5 Å². The molecular formula is C12H26N2O. The summed E-state index contributed by atoms with van der Waals surface area (Å²) in [6.45, 7) is 9.82. The molecule has 0 radical (unpaired) electrons. The molecule has 0 saturated carbocycles. The van der Waals surface area contributed by atoms with E-state index in [9.17, 15) is 0 Å². The fourth-order valence-electron chi connectivity index (χ4n) is 1.97. The first-order valence-electron chi connectivity index (χ1n) is 6.15. The Morgan fingerprint density at radius 3 is 2.40 bits per heavy atom. The Hall–Kier alpha value is -0.120. The third-order valence-corrected chi connectivity index (χ3v) is 3.16. The fourth-order valence-corrected chi connectivity index (χ4v) is 1.97. The van der Waals surface area contributed by atoms with Crippen molar-refractivity contribution >= 4 is 0 Å². The number of hydrogen-bond acceptors (Lipinski definition) is 3. The van der Waals surface area contributed by atoms with E-state index in [1.54, 1.807) is 0 Å². The minimum atomic E-state index is 0.484. The van der Waals surface area contributed by atoms with Crippen molar-refractivity contribution in [3.63, 3.8) is 0 Å². The van der Waals surface area contributed by atoms with Gasteiger partial charge in [-0.05, 0) is 51.7 Å². The zero-order chi connectivity index (χ0) is 11.3. The summed E-state index contributed by atoms with van der Waals surface area (Å²) in [6, 6.07) is 0.484. The number of likely N-dealkylation sites (tertiary alicyclic amines) is 1. The van der Waals surface area contributed by atoms with E-state index in [1.165, 1.54) is 25.9 Å². The van der Waals surface area contributed by atoms with Gasteiger partial charge in [0.25, 0.3) is 0 Å². The third kappa shape index (κ3) is 4.96. The minimum absolute atomic E-state index is 0.484. The minimum Gasteiger partial charge on any atom is -0.306 e. The highest BCUT2D eigenvalue weighted by atomic mass is 16.6. The normalized spacial score (nSPS) is 22.2. The molecule has 1 N–H and O–H groups in total. The molecule has 1 aliphatic rings. The fraction of sp³-hybridized carbons (Fsp3) is 1.00. The van der Waals surface area contributed by atoms with Crippen LogP contribution in [0.3, 0.4) is 0 Å². The van der Waals surface area contributed by atoms with Crippen LogP contribution in [0.5, 0.6) is 0 Å². The highest BCUT2D eigenvalue weighted by molar-refractivity contribution is 4.76. The summed E-state index contributed by atoms with van der Waals surface area (Å²) >= 11 is 0. The summed E-state index contributed by atoms with van der Waals surface area (Å²) < 4.78 is 0. The van der Waals surface area contributed by atoms with Crippen molar-refractivity contribution in [3.8, 4) is 0 Å². The molecule has 15 heavy (non-hydrogen) atoms. The third-order valence-electron chi connectivity index (χ3n) is 3.16. The standard InChI is InChI=1S/C12H26N2O/c1-10(2)9-15-13-11(3)12-5-7-14(4)8-6-12/h10-13H,5-9H2,1-4H3. The summed E-state index contributed by atoms with van der Waals surface area (Å²) in [5.41, 5.74) is 3.18. The van der Waals surface area contributed by atoms with Gasteiger partial charge in [0, 0.05) is 6.04 Å². The van der Waals surface area contributed by atoms with Gasteiger partial charge in [-0.1, -0.05) is 13.8 Å².